The molecule has 1 amide bonds. The summed E-state index contributed by atoms with van der Waals surface area (Å²) in [5.41, 5.74) is 2.06. The summed E-state index contributed by atoms with van der Waals surface area (Å²) in [6.45, 7) is 4.61. The number of rotatable bonds is 5. The predicted octanol–water partition coefficient (Wildman–Crippen LogP) is 3.54. The summed E-state index contributed by atoms with van der Waals surface area (Å²) < 4.78 is 5.37. The third-order valence-electron chi connectivity index (χ3n) is 6.35. The van der Waals surface area contributed by atoms with E-state index in [1.807, 2.05) is 30.0 Å². The standard InChI is InChI=1S/C24H29N7O2/c1-17-14-22(28-24(26-17)27-19-7-3-2-4-8-19)30-10-12-31(13-11-30)23(32)20-15-21(33-29-20)18-6-5-9-25-16-18/h5-6,9,14-16,19H,2-4,7-8,10-13H2,1H3,(H,26,27,28). The van der Waals surface area contributed by atoms with Crippen molar-refractivity contribution in [1.29, 1.82) is 0 Å². The van der Waals surface area contributed by atoms with Gasteiger partial charge in [-0.2, -0.15) is 4.98 Å². The number of hydrogen-bond acceptors (Lipinski definition) is 8. The van der Waals surface area contributed by atoms with Gasteiger partial charge in [0.05, 0.1) is 0 Å². The summed E-state index contributed by atoms with van der Waals surface area (Å²) in [5.74, 6) is 2.04. The van der Waals surface area contributed by atoms with Crippen molar-refractivity contribution in [1.82, 2.24) is 25.0 Å². The van der Waals surface area contributed by atoms with Crippen molar-refractivity contribution in [2.45, 2.75) is 45.1 Å². The van der Waals surface area contributed by atoms with Crippen LogP contribution in [-0.2, 0) is 0 Å². The zero-order valence-electron chi connectivity index (χ0n) is 18.9. The lowest BCUT2D eigenvalue weighted by molar-refractivity contribution is 0.0736. The van der Waals surface area contributed by atoms with E-state index < -0.39 is 0 Å². The summed E-state index contributed by atoms with van der Waals surface area (Å²) in [5, 5.41) is 7.52. The summed E-state index contributed by atoms with van der Waals surface area (Å²) in [4.78, 5) is 30.4. The minimum absolute atomic E-state index is 0.118. The maximum absolute atomic E-state index is 13.0. The van der Waals surface area contributed by atoms with Crippen LogP contribution in [0.2, 0.25) is 0 Å². The number of carbonyl (C=O) groups excluding carboxylic acids is 1. The Morgan fingerprint density at radius 2 is 1.91 bits per heavy atom. The molecule has 172 valence electrons. The molecule has 1 saturated carbocycles. The molecule has 1 aliphatic carbocycles. The molecule has 3 aromatic heterocycles. The van der Waals surface area contributed by atoms with Crippen LogP contribution in [0, 0.1) is 6.92 Å². The van der Waals surface area contributed by atoms with Crippen LogP contribution in [0.15, 0.2) is 41.2 Å². The van der Waals surface area contributed by atoms with E-state index in [-0.39, 0.29) is 5.91 Å². The zero-order valence-corrected chi connectivity index (χ0v) is 18.9. The average molecular weight is 448 g/mol. The van der Waals surface area contributed by atoms with Gasteiger partial charge in [0.1, 0.15) is 5.82 Å². The molecule has 9 nitrogen and oxygen atoms in total. The van der Waals surface area contributed by atoms with Gasteiger partial charge < -0.3 is 19.6 Å². The van der Waals surface area contributed by atoms with E-state index in [1.165, 1.54) is 32.1 Å². The second-order valence-electron chi connectivity index (χ2n) is 8.77. The highest BCUT2D eigenvalue weighted by molar-refractivity contribution is 5.93. The molecule has 5 rings (SSSR count). The SMILES string of the molecule is Cc1cc(N2CCN(C(=O)c3cc(-c4cccnc4)on3)CC2)nc(NC2CCCCC2)n1. The van der Waals surface area contributed by atoms with E-state index >= 15 is 0 Å². The van der Waals surface area contributed by atoms with Gasteiger partial charge in [-0.05, 0) is 31.9 Å². The fraction of sp³-hybridized carbons (Fsp3) is 0.458. The minimum atomic E-state index is -0.118. The van der Waals surface area contributed by atoms with Gasteiger partial charge in [0, 0.05) is 68.0 Å². The first-order valence-electron chi connectivity index (χ1n) is 11.7. The number of anilines is 2. The van der Waals surface area contributed by atoms with Crippen LogP contribution < -0.4 is 10.2 Å². The molecular formula is C24H29N7O2. The quantitative estimate of drug-likeness (QED) is 0.634. The lowest BCUT2D eigenvalue weighted by Crippen LogP contribution is -2.49. The Kier molecular flexibility index (Phi) is 6.19. The first-order chi connectivity index (χ1) is 16.2. The van der Waals surface area contributed by atoms with E-state index in [2.05, 4.69) is 25.3 Å². The van der Waals surface area contributed by atoms with E-state index in [1.54, 1.807) is 18.5 Å². The third kappa shape index (κ3) is 4.97. The maximum Gasteiger partial charge on any atom is 0.276 e. The van der Waals surface area contributed by atoms with Crippen molar-refractivity contribution in [2.24, 2.45) is 0 Å². The molecule has 0 bridgehead atoms. The molecule has 9 heteroatoms. The van der Waals surface area contributed by atoms with Gasteiger partial charge in [-0.1, -0.05) is 24.4 Å². The molecule has 2 aliphatic rings. The van der Waals surface area contributed by atoms with Crippen LogP contribution in [0.3, 0.4) is 0 Å². The lowest BCUT2D eigenvalue weighted by Gasteiger charge is -2.35. The Morgan fingerprint density at radius 1 is 1.09 bits per heavy atom. The van der Waals surface area contributed by atoms with Gasteiger partial charge in [0.15, 0.2) is 11.5 Å². The summed E-state index contributed by atoms with van der Waals surface area (Å²) in [7, 11) is 0. The second kappa shape index (κ2) is 9.56. The van der Waals surface area contributed by atoms with Crippen molar-refractivity contribution in [3.8, 4) is 11.3 Å². The predicted molar refractivity (Wildman–Crippen MR) is 125 cm³/mol. The Hall–Kier alpha value is -3.49. The van der Waals surface area contributed by atoms with Gasteiger partial charge >= 0.3 is 0 Å². The zero-order chi connectivity index (χ0) is 22.6. The van der Waals surface area contributed by atoms with Crippen molar-refractivity contribution in [3.05, 3.63) is 48.0 Å². The maximum atomic E-state index is 13.0. The fourth-order valence-corrected chi connectivity index (χ4v) is 4.53. The van der Waals surface area contributed by atoms with Crippen molar-refractivity contribution in [2.75, 3.05) is 36.4 Å². The Bertz CT molecular complexity index is 1090. The number of hydrogen-bond donors (Lipinski definition) is 1. The molecule has 0 radical (unpaired) electrons. The van der Waals surface area contributed by atoms with Gasteiger partial charge in [-0.15, -0.1) is 0 Å². The summed E-state index contributed by atoms with van der Waals surface area (Å²) in [6.07, 6.45) is 9.59. The van der Waals surface area contributed by atoms with Gasteiger partial charge in [0.2, 0.25) is 5.95 Å². The lowest BCUT2D eigenvalue weighted by atomic mass is 9.96. The monoisotopic (exact) mass is 447 g/mol. The van der Waals surface area contributed by atoms with Crippen molar-refractivity contribution >= 4 is 17.7 Å². The van der Waals surface area contributed by atoms with Gasteiger partial charge in [-0.25, -0.2) is 4.98 Å². The molecule has 0 aromatic carbocycles. The van der Waals surface area contributed by atoms with Crippen LogP contribution in [0.4, 0.5) is 11.8 Å². The number of carbonyl (C=O) groups is 1. The molecule has 0 atom stereocenters. The van der Waals surface area contributed by atoms with Gasteiger partial charge in [0.25, 0.3) is 5.91 Å². The van der Waals surface area contributed by atoms with Crippen LogP contribution >= 0.6 is 0 Å². The number of pyridine rings is 1. The highest BCUT2D eigenvalue weighted by atomic mass is 16.5. The summed E-state index contributed by atoms with van der Waals surface area (Å²) in [6, 6.07) is 7.86. The second-order valence-corrected chi connectivity index (χ2v) is 8.77. The molecule has 2 fully saturated rings. The van der Waals surface area contributed by atoms with Gasteiger partial charge in [-0.3, -0.25) is 9.78 Å². The van der Waals surface area contributed by atoms with Crippen LogP contribution in [-0.4, -0.2) is 63.1 Å². The normalized spacial score (nSPS) is 17.2. The smallest absolute Gasteiger partial charge is 0.276 e. The van der Waals surface area contributed by atoms with E-state index in [0.29, 0.717) is 49.6 Å². The Balaban J connectivity index is 1.21. The molecule has 0 spiro atoms. The number of nitrogens with one attached hydrogen (secondary N) is 1. The third-order valence-corrected chi connectivity index (χ3v) is 6.35. The molecule has 1 aliphatic heterocycles. The van der Waals surface area contributed by atoms with E-state index in [0.717, 1.165) is 17.1 Å². The summed E-state index contributed by atoms with van der Waals surface area (Å²) >= 11 is 0. The minimum Gasteiger partial charge on any atom is -0.355 e. The molecule has 0 unspecified atom stereocenters. The van der Waals surface area contributed by atoms with Crippen LogP contribution in [0.5, 0.6) is 0 Å². The number of aromatic nitrogens is 4. The Labute approximate surface area is 193 Å². The van der Waals surface area contributed by atoms with Crippen LogP contribution in [0.1, 0.15) is 48.3 Å². The topological polar surface area (TPSA) is 100 Å². The average Bonchev–Trinajstić information content (AvgIpc) is 3.35. The number of nitrogens with zero attached hydrogens (tertiary/aromatic N) is 6. The fourth-order valence-electron chi connectivity index (χ4n) is 4.53. The van der Waals surface area contributed by atoms with E-state index in [9.17, 15) is 4.79 Å². The van der Waals surface area contributed by atoms with Crippen molar-refractivity contribution in [3.63, 3.8) is 0 Å². The highest BCUT2D eigenvalue weighted by Gasteiger charge is 2.26. The first kappa shape index (κ1) is 21.4. The number of amides is 1. The molecule has 1 N–H and O–H groups in total. The molecular weight excluding hydrogens is 418 g/mol. The number of piperazine rings is 1. The molecule has 1 saturated heterocycles. The first-order valence-corrected chi connectivity index (χ1v) is 11.7. The molecule has 3 aromatic rings. The van der Waals surface area contributed by atoms with Crippen molar-refractivity contribution < 1.29 is 9.32 Å². The highest BCUT2D eigenvalue weighted by Crippen LogP contribution is 2.23. The molecule has 4 heterocycles. The number of aryl methyl sites for hydroxylation is 1. The molecule has 33 heavy (non-hydrogen) atoms. The largest absolute Gasteiger partial charge is 0.355 e. The Morgan fingerprint density at radius 3 is 2.67 bits per heavy atom. The van der Waals surface area contributed by atoms with Crippen LogP contribution in [0.25, 0.3) is 11.3 Å². The van der Waals surface area contributed by atoms with E-state index in [4.69, 9.17) is 9.51 Å².